The molecular weight excluding hydrogens is 275 g/mol. The van der Waals surface area contributed by atoms with Gasteiger partial charge < -0.3 is 20.5 Å². The van der Waals surface area contributed by atoms with Gasteiger partial charge in [-0.3, -0.25) is 0 Å². The smallest absolute Gasteiger partial charge is 0.548 e. The van der Waals surface area contributed by atoms with E-state index in [1.807, 2.05) is 0 Å². The van der Waals surface area contributed by atoms with E-state index in [0.29, 0.717) is 6.54 Å². The second-order valence-electron chi connectivity index (χ2n) is 4.22. The third-order valence-electron chi connectivity index (χ3n) is 2.59. The maximum Gasteiger partial charge on any atom is 1.00 e. The first-order chi connectivity index (χ1) is 8.61. The molecule has 106 valence electrons. The van der Waals surface area contributed by atoms with Gasteiger partial charge in [-0.25, -0.2) is 4.79 Å². The number of amides is 2. The number of thiol groups is 1. The van der Waals surface area contributed by atoms with E-state index in [9.17, 15) is 14.7 Å². The molecule has 0 aromatic carbocycles. The van der Waals surface area contributed by atoms with Crippen LogP contribution in [-0.4, -0.2) is 30.3 Å². The third kappa shape index (κ3) is 12.9. The molecule has 1 atom stereocenters. The first-order valence-electron chi connectivity index (χ1n) is 6.47. The van der Waals surface area contributed by atoms with Gasteiger partial charge in [0.1, 0.15) is 0 Å². The van der Waals surface area contributed by atoms with Gasteiger partial charge in [0, 0.05) is 12.3 Å². The minimum atomic E-state index is -1.32. The summed E-state index contributed by atoms with van der Waals surface area (Å²) in [5, 5.41) is 15.4. The summed E-state index contributed by atoms with van der Waals surface area (Å²) in [5.41, 5.74) is 0. The molecule has 5 nitrogen and oxygen atoms in total. The fourth-order valence-corrected chi connectivity index (χ4v) is 1.74. The number of rotatable bonds is 10. The van der Waals surface area contributed by atoms with Crippen LogP contribution in [0.2, 0.25) is 0 Å². The van der Waals surface area contributed by atoms with Gasteiger partial charge in [0.15, 0.2) is 0 Å². The molecule has 0 fully saturated rings. The van der Waals surface area contributed by atoms with Crippen LogP contribution in [-0.2, 0) is 4.79 Å². The van der Waals surface area contributed by atoms with E-state index in [-0.39, 0.29) is 35.3 Å². The van der Waals surface area contributed by atoms with Crippen LogP contribution >= 0.6 is 12.6 Å². The van der Waals surface area contributed by atoms with Crippen LogP contribution in [0.3, 0.4) is 0 Å². The van der Waals surface area contributed by atoms with Crippen LogP contribution in [0, 0.1) is 0 Å². The van der Waals surface area contributed by atoms with Gasteiger partial charge in [-0.2, -0.15) is 12.6 Å². The molecule has 0 bridgehead atoms. The van der Waals surface area contributed by atoms with Gasteiger partial charge in [0.05, 0.1) is 12.0 Å². The fourth-order valence-electron chi connectivity index (χ4n) is 1.50. The standard InChI is InChI=1S/C12H24N2O3S.Na/c1-2-3-4-5-6-7-8-13-12(17)14-10(9-18)11(15)16;/h10,18H,2-9H2,1H3,(H,15,16)(H2,13,14,17);/q;+1/p-1/t10-;/m0./s1. The molecule has 0 rings (SSSR count). The maximum absolute atomic E-state index is 11.3. The largest absolute Gasteiger partial charge is 1.00 e. The van der Waals surface area contributed by atoms with Crippen molar-refractivity contribution in [2.45, 2.75) is 51.5 Å². The monoisotopic (exact) mass is 298 g/mol. The average molecular weight is 298 g/mol. The molecule has 0 aliphatic carbocycles. The van der Waals surface area contributed by atoms with E-state index >= 15 is 0 Å². The molecule has 0 aliphatic rings. The summed E-state index contributed by atoms with van der Waals surface area (Å²) in [4.78, 5) is 21.8. The summed E-state index contributed by atoms with van der Waals surface area (Å²) in [6.45, 7) is 2.73. The topological polar surface area (TPSA) is 81.3 Å². The van der Waals surface area contributed by atoms with Crippen molar-refractivity contribution in [3.05, 3.63) is 0 Å². The number of urea groups is 1. The van der Waals surface area contributed by atoms with Crippen molar-refractivity contribution in [1.82, 2.24) is 10.6 Å². The Labute approximate surface area is 143 Å². The molecule has 0 spiro atoms. The predicted molar refractivity (Wildman–Crippen MR) is 72.6 cm³/mol. The Bertz CT molecular complexity index is 255. The van der Waals surface area contributed by atoms with Crippen molar-refractivity contribution in [2.24, 2.45) is 0 Å². The van der Waals surface area contributed by atoms with E-state index in [1.54, 1.807) is 0 Å². The number of carbonyl (C=O) groups is 2. The van der Waals surface area contributed by atoms with Crippen LogP contribution in [0.5, 0.6) is 0 Å². The van der Waals surface area contributed by atoms with Crippen LogP contribution in [0.4, 0.5) is 4.79 Å². The van der Waals surface area contributed by atoms with Crippen LogP contribution < -0.4 is 45.3 Å². The second kappa shape index (κ2) is 14.5. The summed E-state index contributed by atoms with van der Waals surface area (Å²) < 4.78 is 0. The number of hydrogen-bond acceptors (Lipinski definition) is 4. The number of carbonyl (C=O) groups excluding carboxylic acids is 2. The zero-order chi connectivity index (χ0) is 13.8. The molecule has 0 radical (unpaired) electrons. The van der Waals surface area contributed by atoms with E-state index in [4.69, 9.17) is 0 Å². The summed E-state index contributed by atoms with van der Waals surface area (Å²) in [6, 6.07) is -1.52. The Morgan fingerprint density at radius 2 is 1.74 bits per heavy atom. The molecule has 0 saturated carbocycles. The van der Waals surface area contributed by atoms with E-state index in [2.05, 4.69) is 30.2 Å². The van der Waals surface area contributed by atoms with Gasteiger partial charge in [-0.05, 0) is 6.42 Å². The van der Waals surface area contributed by atoms with Gasteiger partial charge in [-0.1, -0.05) is 39.0 Å². The average Bonchev–Trinajstić information content (AvgIpc) is 2.34. The predicted octanol–water partition coefficient (Wildman–Crippen LogP) is -2.30. The molecule has 19 heavy (non-hydrogen) atoms. The van der Waals surface area contributed by atoms with Crippen molar-refractivity contribution in [3.8, 4) is 0 Å². The second-order valence-corrected chi connectivity index (χ2v) is 4.59. The number of hydrogen-bond donors (Lipinski definition) is 3. The summed E-state index contributed by atoms with van der Waals surface area (Å²) in [5.74, 6) is -1.30. The number of nitrogens with one attached hydrogen (secondary N) is 2. The number of carboxylic acid groups (broad SMARTS) is 1. The quantitative estimate of drug-likeness (QED) is 0.241. The Morgan fingerprint density at radius 1 is 1.16 bits per heavy atom. The van der Waals surface area contributed by atoms with Crippen molar-refractivity contribution in [3.63, 3.8) is 0 Å². The number of unbranched alkanes of at least 4 members (excludes halogenated alkanes) is 5. The molecule has 7 heteroatoms. The Hall–Kier alpha value is 0.0900. The van der Waals surface area contributed by atoms with Gasteiger partial charge in [0.2, 0.25) is 0 Å². The minimum Gasteiger partial charge on any atom is -0.548 e. The van der Waals surface area contributed by atoms with E-state index in [1.165, 1.54) is 25.7 Å². The van der Waals surface area contributed by atoms with Crippen molar-refractivity contribution >= 4 is 24.6 Å². The van der Waals surface area contributed by atoms with Crippen molar-refractivity contribution in [2.75, 3.05) is 12.3 Å². The molecule has 0 heterocycles. The van der Waals surface area contributed by atoms with Gasteiger partial charge in [-0.15, -0.1) is 0 Å². The zero-order valence-electron chi connectivity index (χ0n) is 11.9. The van der Waals surface area contributed by atoms with Crippen LogP contribution in [0.25, 0.3) is 0 Å². The molecule has 2 N–H and O–H groups in total. The third-order valence-corrected chi connectivity index (χ3v) is 2.95. The van der Waals surface area contributed by atoms with E-state index in [0.717, 1.165) is 12.8 Å². The summed E-state index contributed by atoms with van der Waals surface area (Å²) >= 11 is 3.82. The molecule has 0 aromatic rings. The number of aliphatic carboxylic acids is 1. The first-order valence-corrected chi connectivity index (χ1v) is 7.11. The number of carboxylic acids is 1. The maximum atomic E-state index is 11.3. The Balaban J connectivity index is 0. The van der Waals surface area contributed by atoms with Crippen LogP contribution in [0.15, 0.2) is 0 Å². The Kier molecular flexibility index (Phi) is 16.3. The molecule has 0 saturated heterocycles. The van der Waals surface area contributed by atoms with Crippen LogP contribution in [0.1, 0.15) is 45.4 Å². The van der Waals surface area contributed by atoms with Gasteiger partial charge in [0.25, 0.3) is 0 Å². The molecule has 2 amide bonds. The first kappa shape index (κ1) is 21.4. The minimum absolute atomic E-state index is 0. The van der Waals surface area contributed by atoms with Gasteiger partial charge >= 0.3 is 35.6 Å². The molecular formula is C12H23N2NaO3S. The van der Waals surface area contributed by atoms with E-state index < -0.39 is 18.0 Å². The Morgan fingerprint density at radius 3 is 2.26 bits per heavy atom. The summed E-state index contributed by atoms with van der Waals surface area (Å²) in [7, 11) is 0. The fraction of sp³-hybridized carbons (Fsp3) is 0.833. The van der Waals surface area contributed by atoms with Crippen molar-refractivity contribution in [1.29, 1.82) is 0 Å². The molecule has 0 aliphatic heterocycles. The SMILES string of the molecule is CCCCCCCCNC(=O)N[C@@H](CS)C(=O)[O-].[Na+]. The zero-order valence-corrected chi connectivity index (χ0v) is 14.8. The summed E-state index contributed by atoms with van der Waals surface area (Å²) in [6.07, 6.45) is 6.87. The molecule has 0 unspecified atom stereocenters. The normalized spacial score (nSPS) is 11.3. The molecule has 0 aromatic heterocycles. The van der Waals surface area contributed by atoms with Crippen molar-refractivity contribution < 1.29 is 44.3 Å².